The van der Waals surface area contributed by atoms with Gasteiger partial charge in [0.1, 0.15) is 0 Å². The van der Waals surface area contributed by atoms with Crippen LogP contribution in [-0.4, -0.2) is 27.4 Å². The molecule has 0 unspecified atom stereocenters. The van der Waals surface area contributed by atoms with Crippen molar-refractivity contribution in [3.8, 4) is 11.5 Å². The second-order valence-electron chi connectivity index (χ2n) is 3.31. The Labute approximate surface area is 98.5 Å². The molecule has 0 amide bonds. The van der Waals surface area contributed by atoms with Gasteiger partial charge in [-0.3, -0.25) is 9.59 Å². The number of ether oxygens (including phenoxy) is 2. The van der Waals surface area contributed by atoms with E-state index < -0.39 is 27.4 Å². The highest BCUT2D eigenvalue weighted by atomic mass is 28.2. The van der Waals surface area contributed by atoms with E-state index >= 15 is 0 Å². The minimum absolute atomic E-state index is 0.450. The minimum atomic E-state index is -1.04. The quantitative estimate of drug-likeness (QED) is 0.234. The Bertz CT molecular complexity index is 274. The number of esters is 2. The molecule has 0 aromatic rings. The van der Waals surface area contributed by atoms with Gasteiger partial charge in [-0.2, -0.15) is 0 Å². The standard InChI is InChI=1S/C11H18O4Si/c1-4-5-6-7-8-16-11(14-9(2)12)15-10(3)13/h11H,4-6,16H2,1-3H3. The molecular formula is C11H18O4Si. The second kappa shape index (κ2) is 8.98. The topological polar surface area (TPSA) is 52.6 Å². The van der Waals surface area contributed by atoms with Gasteiger partial charge in [-0.1, -0.05) is 13.3 Å². The monoisotopic (exact) mass is 242 g/mol. The molecule has 5 heteroatoms. The molecule has 0 radical (unpaired) electrons. The molecule has 0 rings (SSSR count). The molecule has 0 saturated heterocycles. The summed E-state index contributed by atoms with van der Waals surface area (Å²) in [5.41, 5.74) is 2.97. The van der Waals surface area contributed by atoms with E-state index in [0.29, 0.717) is 0 Å². The number of hydrogen-bond acceptors (Lipinski definition) is 4. The van der Waals surface area contributed by atoms with Gasteiger partial charge < -0.3 is 9.47 Å². The van der Waals surface area contributed by atoms with Crippen LogP contribution >= 0.6 is 0 Å². The van der Waals surface area contributed by atoms with E-state index in [2.05, 4.69) is 18.4 Å². The average Bonchev–Trinajstić information content (AvgIpc) is 2.15. The molecule has 0 aromatic heterocycles. The fourth-order valence-electron chi connectivity index (χ4n) is 0.987. The summed E-state index contributed by atoms with van der Waals surface area (Å²) in [5, 5.41) is 0. The summed E-state index contributed by atoms with van der Waals surface area (Å²) in [6, 6.07) is 0. The van der Waals surface area contributed by atoms with Crippen LogP contribution in [0.5, 0.6) is 0 Å². The summed E-state index contributed by atoms with van der Waals surface area (Å²) in [7, 11) is -1.04. The predicted octanol–water partition coefficient (Wildman–Crippen LogP) is 0.716. The highest BCUT2D eigenvalue weighted by Crippen LogP contribution is 1.95. The molecule has 0 aliphatic carbocycles. The molecule has 0 aromatic carbocycles. The second-order valence-corrected chi connectivity index (χ2v) is 4.74. The van der Waals surface area contributed by atoms with Crippen LogP contribution in [0.3, 0.4) is 0 Å². The number of rotatable bonds is 5. The first-order valence-electron chi connectivity index (χ1n) is 5.36. The van der Waals surface area contributed by atoms with Crippen molar-refractivity contribution in [3.63, 3.8) is 0 Å². The molecule has 0 spiro atoms. The maximum absolute atomic E-state index is 10.7. The zero-order valence-electron chi connectivity index (χ0n) is 10.0. The van der Waals surface area contributed by atoms with Crippen LogP contribution in [0.25, 0.3) is 0 Å². The van der Waals surface area contributed by atoms with Crippen LogP contribution in [-0.2, 0) is 19.1 Å². The van der Waals surface area contributed by atoms with Crippen LogP contribution in [0, 0.1) is 11.5 Å². The van der Waals surface area contributed by atoms with Gasteiger partial charge in [0.2, 0.25) is 15.4 Å². The minimum Gasteiger partial charge on any atom is -0.429 e. The number of carbonyl (C=O) groups excluding carboxylic acids is 2. The first-order valence-corrected chi connectivity index (χ1v) is 6.88. The molecule has 0 fully saturated rings. The molecule has 90 valence electrons. The third-order valence-electron chi connectivity index (χ3n) is 1.64. The van der Waals surface area contributed by atoms with Gasteiger partial charge in [0.05, 0.1) is 0 Å². The lowest BCUT2D eigenvalue weighted by molar-refractivity contribution is -0.171. The van der Waals surface area contributed by atoms with Gasteiger partial charge in [-0.15, -0.1) is 11.5 Å². The molecule has 0 heterocycles. The summed E-state index contributed by atoms with van der Waals surface area (Å²) >= 11 is 0. The Morgan fingerprint density at radius 3 is 2.25 bits per heavy atom. The summed E-state index contributed by atoms with van der Waals surface area (Å²) < 4.78 is 9.69. The molecule has 16 heavy (non-hydrogen) atoms. The molecule has 0 atom stereocenters. The number of carbonyl (C=O) groups is 2. The zero-order valence-corrected chi connectivity index (χ0v) is 11.5. The molecular weight excluding hydrogens is 224 g/mol. The predicted molar refractivity (Wildman–Crippen MR) is 63.2 cm³/mol. The smallest absolute Gasteiger partial charge is 0.305 e. The van der Waals surface area contributed by atoms with Crippen molar-refractivity contribution in [2.24, 2.45) is 0 Å². The summed E-state index contributed by atoms with van der Waals surface area (Å²) in [6.07, 6.45) is 3.01. The average molecular weight is 242 g/mol. The van der Waals surface area contributed by atoms with Crippen molar-refractivity contribution in [2.45, 2.75) is 45.9 Å². The fourth-order valence-corrected chi connectivity index (χ4v) is 2.11. The van der Waals surface area contributed by atoms with Gasteiger partial charge >= 0.3 is 11.9 Å². The van der Waals surface area contributed by atoms with Crippen molar-refractivity contribution in [1.29, 1.82) is 0 Å². The Balaban J connectivity index is 4.03. The van der Waals surface area contributed by atoms with E-state index in [1.165, 1.54) is 13.8 Å². The molecule has 0 saturated carbocycles. The molecule has 0 aliphatic rings. The first-order chi connectivity index (χ1) is 7.56. The van der Waals surface area contributed by atoms with E-state index in [1.807, 2.05) is 0 Å². The maximum Gasteiger partial charge on any atom is 0.305 e. The number of unbranched alkanes of at least 4 members (excludes halogenated alkanes) is 2. The molecule has 0 N–H and O–H groups in total. The van der Waals surface area contributed by atoms with Crippen LogP contribution in [0.1, 0.15) is 40.0 Å². The highest BCUT2D eigenvalue weighted by Gasteiger charge is 2.13. The largest absolute Gasteiger partial charge is 0.429 e. The third-order valence-corrected chi connectivity index (χ3v) is 2.76. The summed E-state index contributed by atoms with van der Waals surface area (Å²) in [6.45, 7) is 4.67. The van der Waals surface area contributed by atoms with Crippen LogP contribution in [0.2, 0.25) is 0 Å². The Morgan fingerprint density at radius 1 is 1.25 bits per heavy atom. The van der Waals surface area contributed by atoms with E-state index in [4.69, 9.17) is 9.47 Å². The lowest BCUT2D eigenvalue weighted by Gasteiger charge is -2.13. The van der Waals surface area contributed by atoms with Gasteiger partial charge in [-0.25, -0.2) is 0 Å². The van der Waals surface area contributed by atoms with E-state index in [0.717, 1.165) is 19.3 Å². The van der Waals surface area contributed by atoms with Crippen molar-refractivity contribution in [2.75, 3.05) is 0 Å². The van der Waals surface area contributed by atoms with E-state index in [-0.39, 0.29) is 0 Å². The first kappa shape index (κ1) is 14.7. The molecule has 4 nitrogen and oxygen atoms in total. The van der Waals surface area contributed by atoms with E-state index in [9.17, 15) is 9.59 Å². The van der Waals surface area contributed by atoms with Crippen molar-refractivity contribution in [1.82, 2.24) is 0 Å². The molecule has 0 bridgehead atoms. The Kier molecular flexibility index (Phi) is 8.26. The fraction of sp³-hybridized carbons (Fsp3) is 0.636. The third kappa shape index (κ3) is 9.28. The molecule has 0 aliphatic heterocycles. The van der Waals surface area contributed by atoms with Crippen molar-refractivity contribution < 1.29 is 19.1 Å². The van der Waals surface area contributed by atoms with Gasteiger partial charge in [0, 0.05) is 20.3 Å². The summed E-state index contributed by atoms with van der Waals surface area (Å²) in [5.74, 6) is 1.35. The van der Waals surface area contributed by atoms with Gasteiger partial charge in [0.25, 0.3) is 0 Å². The van der Waals surface area contributed by atoms with E-state index in [1.54, 1.807) is 0 Å². The lowest BCUT2D eigenvalue weighted by Crippen LogP contribution is -2.27. The maximum atomic E-state index is 10.7. The normalized spacial score (nSPS) is 10.0. The SMILES string of the molecule is CCCCC#C[SiH2]C(OC(C)=O)OC(C)=O. The Morgan fingerprint density at radius 2 is 1.81 bits per heavy atom. The highest BCUT2D eigenvalue weighted by molar-refractivity contribution is 6.47. The van der Waals surface area contributed by atoms with Gasteiger partial charge in [-0.05, 0) is 6.42 Å². The lowest BCUT2D eigenvalue weighted by atomic mass is 10.3. The Hall–Kier alpha value is -1.28. The van der Waals surface area contributed by atoms with Crippen LogP contribution in [0.4, 0.5) is 0 Å². The van der Waals surface area contributed by atoms with Crippen molar-refractivity contribution >= 4 is 21.5 Å². The number of hydrogen-bond donors (Lipinski definition) is 0. The van der Waals surface area contributed by atoms with Crippen LogP contribution in [0.15, 0.2) is 0 Å². The van der Waals surface area contributed by atoms with Crippen LogP contribution < -0.4 is 0 Å². The summed E-state index contributed by atoms with van der Waals surface area (Å²) in [4.78, 5) is 21.5. The van der Waals surface area contributed by atoms with Gasteiger partial charge in [0.15, 0.2) is 0 Å². The zero-order chi connectivity index (χ0) is 12.4. The van der Waals surface area contributed by atoms with Crippen molar-refractivity contribution in [3.05, 3.63) is 0 Å².